The Morgan fingerprint density at radius 2 is 1.94 bits per heavy atom. The summed E-state index contributed by atoms with van der Waals surface area (Å²) in [5.74, 6) is 1.42. The van der Waals surface area contributed by atoms with Gasteiger partial charge in [0.2, 0.25) is 5.91 Å². The van der Waals surface area contributed by atoms with Gasteiger partial charge < -0.3 is 10.2 Å². The fourth-order valence-electron chi connectivity index (χ4n) is 3.38. The molecule has 2 aliphatic heterocycles. The van der Waals surface area contributed by atoms with Crippen LogP contribution in [-0.2, 0) is 4.79 Å². The van der Waals surface area contributed by atoms with Gasteiger partial charge in [-0.05, 0) is 44.6 Å². The van der Waals surface area contributed by atoms with Gasteiger partial charge in [-0.1, -0.05) is 6.92 Å². The molecule has 3 atom stereocenters. The van der Waals surface area contributed by atoms with Gasteiger partial charge in [-0.3, -0.25) is 4.79 Å². The first-order chi connectivity index (χ1) is 7.77. The lowest BCUT2D eigenvalue weighted by Gasteiger charge is -2.30. The maximum absolute atomic E-state index is 12.5. The molecule has 1 aliphatic carbocycles. The van der Waals surface area contributed by atoms with Crippen LogP contribution in [0, 0.1) is 11.8 Å². The average molecular weight is 222 g/mol. The Morgan fingerprint density at radius 1 is 1.19 bits per heavy atom. The van der Waals surface area contributed by atoms with E-state index in [1.807, 2.05) is 0 Å². The van der Waals surface area contributed by atoms with Crippen LogP contribution in [0.15, 0.2) is 0 Å². The highest BCUT2D eigenvalue weighted by Gasteiger charge is 2.42. The molecule has 3 heteroatoms. The zero-order valence-corrected chi connectivity index (χ0v) is 10.1. The Morgan fingerprint density at radius 3 is 2.69 bits per heavy atom. The average Bonchev–Trinajstić information content (AvgIpc) is 3.03. The van der Waals surface area contributed by atoms with E-state index in [2.05, 4.69) is 17.1 Å². The summed E-state index contributed by atoms with van der Waals surface area (Å²) in [7, 11) is 0. The number of hydrogen-bond donors (Lipinski definition) is 1. The van der Waals surface area contributed by atoms with Gasteiger partial charge in [-0.2, -0.15) is 0 Å². The molecule has 3 nitrogen and oxygen atoms in total. The number of rotatable bonds is 2. The van der Waals surface area contributed by atoms with Gasteiger partial charge in [-0.15, -0.1) is 0 Å². The number of carbonyl (C=O) groups is 1. The number of nitrogens with zero attached hydrogens (tertiary/aromatic N) is 1. The highest BCUT2D eigenvalue weighted by molar-refractivity contribution is 5.80. The van der Waals surface area contributed by atoms with Crippen molar-refractivity contribution in [2.24, 2.45) is 11.8 Å². The van der Waals surface area contributed by atoms with Crippen LogP contribution in [0.1, 0.15) is 39.0 Å². The van der Waals surface area contributed by atoms with Crippen LogP contribution in [0.3, 0.4) is 0 Å². The van der Waals surface area contributed by atoms with Crippen molar-refractivity contribution in [1.82, 2.24) is 10.2 Å². The zero-order valence-electron chi connectivity index (χ0n) is 10.1. The van der Waals surface area contributed by atoms with Crippen molar-refractivity contribution in [3.8, 4) is 0 Å². The van der Waals surface area contributed by atoms with Crippen LogP contribution in [0.2, 0.25) is 0 Å². The lowest BCUT2D eigenvalue weighted by Crippen LogP contribution is -2.45. The molecule has 0 spiro atoms. The number of carbonyl (C=O) groups excluding carboxylic acids is 1. The Bertz CT molecular complexity index is 274. The summed E-state index contributed by atoms with van der Waals surface area (Å²) in [6.07, 6.45) is 6.14. The van der Waals surface area contributed by atoms with Gasteiger partial charge in [0.1, 0.15) is 0 Å². The summed E-state index contributed by atoms with van der Waals surface area (Å²) >= 11 is 0. The van der Waals surface area contributed by atoms with Crippen molar-refractivity contribution in [3.05, 3.63) is 0 Å². The first-order valence-electron chi connectivity index (χ1n) is 6.80. The molecular formula is C13H22N2O. The van der Waals surface area contributed by atoms with E-state index in [-0.39, 0.29) is 5.92 Å². The van der Waals surface area contributed by atoms with Crippen LogP contribution >= 0.6 is 0 Å². The first kappa shape index (κ1) is 10.6. The van der Waals surface area contributed by atoms with E-state index in [4.69, 9.17) is 0 Å². The van der Waals surface area contributed by atoms with Crippen molar-refractivity contribution in [1.29, 1.82) is 0 Å². The molecular weight excluding hydrogens is 200 g/mol. The monoisotopic (exact) mass is 222 g/mol. The molecule has 16 heavy (non-hydrogen) atoms. The second kappa shape index (κ2) is 4.02. The third-order valence-corrected chi connectivity index (χ3v) is 4.63. The fourth-order valence-corrected chi connectivity index (χ4v) is 3.38. The third kappa shape index (κ3) is 1.75. The van der Waals surface area contributed by atoms with Crippen LogP contribution in [0.5, 0.6) is 0 Å². The lowest BCUT2D eigenvalue weighted by atomic mass is 10.0. The number of hydrogen-bond acceptors (Lipinski definition) is 2. The molecule has 0 aromatic heterocycles. The molecule has 0 radical (unpaired) electrons. The molecule has 90 valence electrons. The van der Waals surface area contributed by atoms with Crippen LogP contribution < -0.4 is 5.32 Å². The van der Waals surface area contributed by atoms with Gasteiger partial charge in [0.15, 0.2) is 0 Å². The molecule has 1 saturated carbocycles. The molecule has 3 aliphatic rings. The van der Waals surface area contributed by atoms with Crippen molar-refractivity contribution in [2.75, 3.05) is 13.1 Å². The van der Waals surface area contributed by atoms with Gasteiger partial charge in [-0.25, -0.2) is 0 Å². The summed E-state index contributed by atoms with van der Waals surface area (Å²) in [5.41, 5.74) is 0. The van der Waals surface area contributed by atoms with Crippen LogP contribution in [-0.4, -0.2) is 36.0 Å². The van der Waals surface area contributed by atoms with Crippen molar-refractivity contribution >= 4 is 5.91 Å². The molecule has 2 heterocycles. The Balaban J connectivity index is 1.74. The number of amides is 1. The molecule has 0 aromatic rings. The quantitative estimate of drug-likeness (QED) is 0.765. The minimum atomic E-state index is 0.279. The molecule has 0 aromatic carbocycles. The van der Waals surface area contributed by atoms with E-state index < -0.39 is 0 Å². The van der Waals surface area contributed by atoms with Gasteiger partial charge in [0, 0.05) is 24.5 Å². The van der Waals surface area contributed by atoms with E-state index in [1.54, 1.807) is 0 Å². The highest BCUT2D eigenvalue weighted by atomic mass is 16.2. The van der Waals surface area contributed by atoms with Gasteiger partial charge in [0.05, 0.1) is 0 Å². The van der Waals surface area contributed by atoms with Gasteiger partial charge >= 0.3 is 0 Å². The number of fused-ring (bicyclic) bond motifs is 2. The predicted molar refractivity (Wildman–Crippen MR) is 63.0 cm³/mol. The van der Waals surface area contributed by atoms with Crippen LogP contribution in [0.25, 0.3) is 0 Å². The van der Waals surface area contributed by atoms with Crippen molar-refractivity contribution in [3.63, 3.8) is 0 Å². The normalized spacial score (nSPS) is 35.9. The topological polar surface area (TPSA) is 32.3 Å². The van der Waals surface area contributed by atoms with E-state index in [0.717, 1.165) is 19.5 Å². The smallest absolute Gasteiger partial charge is 0.226 e. The largest absolute Gasteiger partial charge is 0.335 e. The van der Waals surface area contributed by atoms with E-state index in [0.29, 0.717) is 23.9 Å². The SMILES string of the molecule is CC(C(=O)N1C2CCNCC1CC2)C1CC1. The lowest BCUT2D eigenvalue weighted by molar-refractivity contribution is -0.138. The second-order valence-electron chi connectivity index (χ2n) is 5.75. The maximum Gasteiger partial charge on any atom is 0.226 e. The number of nitrogens with one attached hydrogen (secondary N) is 1. The Hall–Kier alpha value is -0.570. The molecule has 3 unspecified atom stereocenters. The molecule has 2 bridgehead atoms. The summed E-state index contributed by atoms with van der Waals surface area (Å²) in [6.45, 7) is 4.24. The predicted octanol–water partition coefficient (Wildman–Crippen LogP) is 1.39. The molecule has 3 fully saturated rings. The Labute approximate surface area is 97.6 Å². The molecule has 2 saturated heterocycles. The first-order valence-corrected chi connectivity index (χ1v) is 6.80. The van der Waals surface area contributed by atoms with E-state index in [1.165, 1.54) is 25.7 Å². The minimum Gasteiger partial charge on any atom is -0.335 e. The Kier molecular flexibility index (Phi) is 2.66. The fraction of sp³-hybridized carbons (Fsp3) is 0.923. The molecule has 1 amide bonds. The van der Waals surface area contributed by atoms with Crippen LogP contribution in [0.4, 0.5) is 0 Å². The zero-order chi connectivity index (χ0) is 11.1. The third-order valence-electron chi connectivity index (χ3n) is 4.63. The minimum absolute atomic E-state index is 0.279. The highest BCUT2D eigenvalue weighted by Crippen LogP contribution is 2.39. The summed E-state index contributed by atoms with van der Waals surface area (Å²) in [6, 6.07) is 1.02. The van der Waals surface area contributed by atoms with E-state index in [9.17, 15) is 4.79 Å². The molecule has 3 rings (SSSR count). The summed E-state index contributed by atoms with van der Waals surface area (Å²) in [4.78, 5) is 14.7. The maximum atomic E-state index is 12.5. The van der Waals surface area contributed by atoms with Crippen molar-refractivity contribution in [2.45, 2.75) is 51.1 Å². The summed E-state index contributed by atoms with van der Waals surface area (Å²) in [5, 5.41) is 3.45. The van der Waals surface area contributed by atoms with Crippen molar-refractivity contribution < 1.29 is 4.79 Å². The van der Waals surface area contributed by atoms with Gasteiger partial charge in [0.25, 0.3) is 0 Å². The van der Waals surface area contributed by atoms with E-state index >= 15 is 0 Å². The second-order valence-corrected chi connectivity index (χ2v) is 5.75. The summed E-state index contributed by atoms with van der Waals surface area (Å²) < 4.78 is 0. The standard InChI is InChI=1S/C13H22N2O/c1-9(10-2-3-10)13(16)15-11-4-5-12(15)8-14-7-6-11/h9-12,14H,2-8H2,1H3. The molecule has 1 N–H and O–H groups in total.